The van der Waals surface area contributed by atoms with Gasteiger partial charge in [0, 0.05) is 17.3 Å². The minimum Gasteiger partial charge on any atom is -0.307 e. The second kappa shape index (κ2) is 6.27. The van der Waals surface area contributed by atoms with Gasteiger partial charge in [-0.25, -0.2) is 4.39 Å². The number of halogens is 2. The van der Waals surface area contributed by atoms with E-state index in [1.807, 2.05) is 11.8 Å². The molecule has 3 atom stereocenters. The van der Waals surface area contributed by atoms with Crippen LogP contribution in [0.5, 0.6) is 0 Å². The summed E-state index contributed by atoms with van der Waals surface area (Å²) in [4.78, 5) is 0. The Kier molecular flexibility index (Phi) is 4.93. The van der Waals surface area contributed by atoms with E-state index in [2.05, 4.69) is 18.5 Å². The molecule has 0 saturated heterocycles. The summed E-state index contributed by atoms with van der Waals surface area (Å²) in [6, 6.07) is 5.75. The molecule has 0 amide bonds. The molecule has 3 unspecified atom stereocenters. The highest BCUT2D eigenvalue weighted by molar-refractivity contribution is 7.99. The van der Waals surface area contributed by atoms with Crippen molar-refractivity contribution in [3.05, 3.63) is 34.6 Å². The van der Waals surface area contributed by atoms with Gasteiger partial charge in [0.1, 0.15) is 5.82 Å². The Morgan fingerprint density at radius 1 is 1.44 bits per heavy atom. The fraction of sp³-hybridized carbons (Fsp3) is 0.571. The van der Waals surface area contributed by atoms with Gasteiger partial charge >= 0.3 is 0 Å². The van der Waals surface area contributed by atoms with Crippen molar-refractivity contribution in [2.24, 2.45) is 0 Å². The van der Waals surface area contributed by atoms with E-state index in [1.54, 1.807) is 12.1 Å². The maximum atomic E-state index is 13.1. The number of hydrogen-bond donors (Lipinski definition) is 1. The van der Waals surface area contributed by atoms with Gasteiger partial charge in [0.2, 0.25) is 0 Å². The van der Waals surface area contributed by atoms with E-state index in [0.29, 0.717) is 6.04 Å². The largest absolute Gasteiger partial charge is 0.307 e. The summed E-state index contributed by atoms with van der Waals surface area (Å²) >= 11 is 7.77. The molecular weight excluding hydrogens is 269 g/mol. The zero-order valence-corrected chi connectivity index (χ0v) is 12.3. The van der Waals surface area contributed by atoms with Crippen LogP contribution in [-0.4, -0.2) is 17.5 Å². The molecule has 100 valence electrons. The van der Waals surface area contributed by atoms with E-state index in [1.165, 1.54) is 25.3 Å². The van der Waals surface area contributed by atoms with Crippen LogP contribution in [0.1, 0.15) is 37.8 Å². The number of thioether (sulfide) groups is 1. The molecule has 2 rings (SSSR count). The molecule has 0 radical (unpaired) electrons. The molecule has 1 aromatic rings. The van der Waals surface area contributed by atoms with Crippen molar-refractivity contribution in [2.75, 3.05) is 6.26 Å². The van der Waals surface area contributed by atoms with E-state index in [9.17, 15) is 4.39 Å². The molecule has 4 heteroatoms. The summed E-state index contributed by atoms with van der Waals surface area (Å²) in [5, 5.41) is 4.60. The SMILES string of the molecule is CSC1CCC(NC(C)c2ccc(F)c(Cl)c2)C1. The molecule has 1 saturated carbocycles. The van der Waals surface area contributed by atoms with Gasteiger partial charge in [-0.05, 0) is 50.1 Å². The second-order valence-corrected chi connectivity index (χ2v) is 6.47. The molecule has 1 N–H and O–H groups in total. The van der Waals surface area contributed by atoms with Crippen molar-refractivity contribution >= 4 is 23.4 Å². The Morgan fingerprint density at radius 3 is 2.83 bits per heavy atom. The van der Waals surface area contributed by atoms with E-state index < -0.39 is 0 Å². The Hall–Kier alpha value is -0.250. The van der Waals surface area contributed by atoms with Gasteiger partial charge < -0.3 is 5.32 Å². The molecule has 0 heterocycles. The van der Waals surface area contributed by atoms with Crippen molar-refractivity contribution in [1.29, 1.82) is 0 Å². The molecule has 1 aromatic carbocycles. The van der Waals surface area contributed by atoms with Gasteiger partial charge in [-0.15, -0.1) is 0 Å². The van der Waals surface area contributed by atoms with Crippen molar-refractivity contribution in [2.45, 2.75) is 43.5 Å². The summed E-state index contributed by atoms with van der Waals surface area (Å²) in [6.07, 6.45) is 5.91. The first-order valence-electron chi connectivity index (χ1n) is 6.34. The van der Waals surface area contributed by atoms with Gasteiger partial charge in [-0.2, -0.15) is 11.8 Å². The third-order valence-electron chi connectivity index (χ3n) is 3.65. The third-order valence-corrected chi connectivity index (χ3v) is 5.03. The number of benzene rings is 1. The van der Waals surface area contributed by atoms with Crippen LogP contribution in [0.2, 0.25) is 5.02 Å². The molecule has 0 aromatic heterocycles. The van der Waals surface area contributed by atoms with Crippen molar-refractivity contribution < 1.29 is 4.39 Å². The monoisotopic (exact) mass is 287 g/mol. The van der Waals surface area contributed by atoms with Crippen LogP contribution in [0.15, 0.2) is 18.2 Å². The average molecular weight is 288 g/mol. The molecule has 1 fully saturated rings. The zero-order chi connectivity index (χ0) is 13.1. The fourth-order valence-corrected chi connectivity index (χ4v) is 3.52. The fourth-order valence-electron chi connectivity index (χ4n) is 2.54. The van der Waals surface area contributed by atoms with Gasteiger partial charge in [-0.3, -0.25) is 0 Å². The first-order chi connectivity index (χ1) is 8.60. The van der Waals surface area contributed by atoms with Crippen LogP contribution in [0.25, 0.3) is 0 Å². The predicted octanol–water partition coefficient (Wildman–Crippen LogP) is 4.41. The summed E-state index contributed by atoms with van der Waals surface area (Å²) in [5.41, 5.74) is 1.05. The number of hydrogen-bond acceptors (Lipinski definition) is 2. The lowest BCUT2D eigenvalue weighted by Crippen LogP contribution is -2.29. The number of rotatable bonds is 4. The molecular formula is C14H19ClFNS. The van der Waals surface area contributed by atoms with Gasteiger partial charge in [0.25, 0.3) is 0 Å². The van der Waals surface area contributed by atoms with Crippen LogP contribution in [0.3, 0.4) is 0 Å². The quantitative estimate of drug-likeness (QED) is 0.880. The highest BCUT2D eigenvalue weighted by atomic mass is 35.5. The highest BCUT2D eigenvalue weighted by Gasteiger charge is 2.25. The van der Waals surface area contributed by atoms with Crippen LogP contribution in [-0.2, 0) is 0 Å². The van der Waals surface area contributed by atoms with E-state index in [0.717, 1.165) is 10.8 Å². The maximum Gasteiger partial charge on any atom is 0.141 e. The minimum atomic E-state index is -0.351. The van der Waals surface area contributed by atoms with Crippen LogP contribution in [0.4, 0.5) is 4.39 Å². The predicted molar refractivity (Wildman–Crippen MR) is 77.9 cm³/mol. The third kappa shape index (κ3) is 3.40. The van der Waals surface area contributed by atoms with E-state index >= 15 is 0 Å². The number of nitrogens with one attached hydrogen (secondary N) is 1. The average Bonchev–Trinajstić information content (AvgIpc) is 2.80. The van der Waals surface area contributed by atoms with Gasteiger partial charge in [-0.1, -0.05) is 17.7 Å². The summed E-state index contributed by atoms with van der Waals surface area (Å²) in [5.74, 6) is -0.351. The van der Waals surface area contributed by atoms with Crippen molar-refractivity contribution in [3.63, 3.8) is 0 Å². The van der Waals surface area contributed by atoms with Crippen molar-refractivity contribution in [3.8, 4) is 0 Å². The second-order valence-electron chi connectivity index (χ2n) is 4.93. The Labute approximate surface area is 117 Å². The topological polar surface area (TPSA) is 12.0 Å². The molecule has 1 aliphatic rings. The first-order valence-corrected chi connectivity index (χ1v) is 8.00. The van der Waals surface area contributed by atoms with Crippen LogP contribution < -0.4 is 5.32 Å². The van der Waals surface area contributed by atoms with Crippen molar-refractivity contribution in [1.82, 2.24) is 5.32 Å². The molecule has 18 heavy (non-hydrogen) atoms. The lowest BCUT2D eigenvalue weighted by atomic mass is 10.1. The molecule has 0 aliphatic heterocycles. The normalized spacial score (nSPS) is 25.3. The Bertz CT molecular complexity index is 413. The minimum absolute atomic E-state index is 0.203. The Morgan fingerprint density at radius 2 is 2.22 bits per heavy atom. The lowest BCUT2D eigenvalue weighted by Gasteiger charge is -2.20. The summed E-state index contributed by atoms with van der Waals surface area (Å²) in [7, 11) is 0. The molecule has 0 spiro atoms. The summed E-state index contributed by atoms with van der Waals surface area (Å²) < 4.78 is 13.1. The smallest absolute Gasteiger partial charge is 0.141 e. The van der Waals surface area contributed by atoms with Crippen LogP contribution >= 0.6 is 23.4 Å². The molecule has 0 bridgehead atoms. The maximum absolute atomic E-state index is 13.1. The van der Waals surface area contributed by atoms with E-state index in [4.69, 9.17) is 11.6 Å². The van der Waals surface area contributed by atoms with Gasteiger partial charge in [0.15, 0.2) is 0 Å². The van der Waals surface area contributed by atoms with Gasteiger partial charge in [0.05, 0.1) is 5.02 Å². The molecule has 1 aliphatic carbocycles. The standard InChI is InChI=1S/C14H19ClFNS/c1-9(10-3-6-14(16)13(15)7-10)17-11-4-5-12(8-11)18-2/h3,6-7,9,11-12,17H,4-5,8H2,1-2H3. The van der Waals surface area contributed by atoms with Crippen LogP contribution in [0, 0.1) is 5.82 Å². The zero-order valence-electron chi connectivity index (χ0n) is 10.7. The van der Waals surface area contributed by atoms with E-state index in [-0.39, 0.29) is 16.9 Å². The first kappa shape index (κ1) is 14.2. The Balaban J connectivity index is 1.95. The summed E-state index contributed by atoms with van der Waals surface area (Å²) in [6.45, 7) is 2.11. The highest BCUT2D eigenvalue weighted by Crippen LogP contribution is 2.30. The lowest BCUT2D eigenvalue weighted by molar-refractivity contribution is 0.461. The molecule has 1 nitrogen and oxygen atoms in total.